The average Bonchev–Trinajstić information content (AvgIpc) is 3.44. The van der Waals surface area contributed by atoms with Crippen LogP contribution in [0.5, 0.6) is 0 Å². The molecule has 0 aliphatic carbocycles. The van der Waals surface area contributed by atoms with Crippen LogP contribution in [-0.2, 0) is 0 Å². The van der Waals surface area contributed by atoms with E-state index < -0.39 is 0 Å². The van der Waals surface area contributed by atoms with Gasteiger partial charge in [0.15, 0.2) is 0 Å². The van der Waals surface area contributed by atoms with E-state index in [4.69, 9.17) is 9.97 Å². The molecule has 0 saturated carbocycles. The van der Waals surface area contributed by atoms with Gasteiger partial charge in [0.1, 0.15) is 0 Å². The second-order valence-electron chi connectivity index (χ2n) is 6.94. The van der Waals surface area contributed by atoms with Crippen LogP contribution in [0.25, 0.3) is 42.5 Å². The van der Waals surface area contributed by atoms with E-state index in [1.165, 1.54) is 15.0 Å². The lowest BCUT2D eigenvalue weighted by molar-refractivity contribution is 1.12. The van der Waals surface area contributed by atoms with Gasteiger partial charge in [-0.05, 0) is 54.1 Å². The number of aryl methyl sites for hydroxylation is 1. The zero-order valence-electron chi connectivity index (χ0n) is 15.4. The van der Waals surface area contributed by atoms with Crippen LogP contribution in [-0.4, -0.2) is 20.2 Å². The van der Waals surface area contributed by atoms with E-state index in [2.05, 4.69) is 52.1 Å². The minimum absolute atomic E-state index is 0.594. The molecule has 0 fully saturated rings. The van der Waals surface area contributed by atoms with E-state index in [1.807, 2.05) is 41.8 Å². The van der Waals surface area contributed by atoms with Gasteiger partial charge >= 0.3 is 0 Å². The maximum atomic E-state index is 4.89. The van der Waals surface area contributed by atoms with Gasteiger partial charge in [0, 0.05) is 26.2 Å². The molecule has 5 nitrogen and oxygen atoms in total. The standard InChI is InChI=1S/C22H15N5S2/c1-12-8-13-2-3-14(10-19(13)29-12)20-21-18(6-7-28-21)25-22(26-20)24-16-4-5-17-15(9-16)11-23-27-17/h2-11H,1H3,(H,23,27)(H,24,25,26). The maximum absolute atomic E-state index is 4.89. The van der Waals surface area contributed by atoms with Crippen molar-refractivity contribution in [2.24, 2.45) is 0 Å². The predicted octanol–water partition coefficient (Wildman–Crippen LogP) is 6.50. The molecule has 0 amide bonds. The summed E-state index contributed by atoms with van der Waals surface area (Å²) in [6.07, 6.45) is 1.81. The lowest BCUT2D eigenvalue weighted by Gasteiger charge is -2.09. The topological polar surface area (TPSA) is 66.5 Å². The Kier molecular flexibility index (Phi) is 3.65. The van der Waals surface area contributed by atoms with Gasteiger partial charge in [-0.1, -0.05) is 12.1 Å². The van der Waals surface area contributed by atoms with Crippen LogP contribution in [0.15, 0.2) is 60.1 Å². The molecule has 29 heavy (non-hydrogen) atoms. The second-order valence-corrected chi connectivity index (χ2v) is 9.14. The van der Waals surface area contributed by atoms with Crippen molar-refractivity contribution in [3.05, 3.63) is 65.0 Å². The fourth-order valence-electron chi connectivity index (χ4n) is 3.58. The van der Waals surface area contributed by atoms with Gasteiger partial charge in [-0.15, -0.1) is 22.7 Å². The van der Waals surface area contributed by atoms with Gasteiger partial charge in [-0.25, -0.2) is 9.97 Å². The first-order valence-electron chi connectivity index (χ1n) is 9.19. The van der Waals surface area contributed by atoms with Crippen LogP contribution < -0.4 is 5.32 Å². The fraction of sp³-hybridized carbons (Fsp3) is 0.0455. The van der Waals surface area contributed by atoms with Gasteiger partial charge in [0.2, 0.25) is 5.95 Å². The Balaban J connectivity index is 1.47. The molecule has 0 bridgehead atoms. The van der Waals surface area contributed by atoms with Crippen LogP contribution in [0, 0.1) is 6.92 Å². The average molecular weight is 414 g/mol. The van der Waals surface area contributed by atoms with Crippen LogP contribution in [0.1, 0.15) is 4.88 Å². The van der Waals surface area contributed by atoms with Crippen LogP contribution in [0.3, 0.4) is 0 Å². The molecule has 2 aromatic carbocycles. The number of nitrogens with zero attached hydrogens (tertiary/aromatic N) is 3. The summed E-state index contributed by atoms with van der Waals surface area (Å²) in [4.78, 5) is 10.9. The van der Waals surface area contributed by atoms with Gasteiger partial charge in [0.25, 0.3) is 0 Å². The number of aromatic nitrogens is 4. The van der Waals surface area contributed by atoms with Gasteiger partial charge in [-0.2, -0.15) is 5.10 Å². The normalized spacial score (nSPS) is 11.6. The van der Waals surface area contributed by atoms with Crippen molar-refractivity contribution in [2.75, 3.05) is 5.32 Å². The molecule has 0 spiro atoms. The minimum atomic E-state index is 0.594. The zero-order chi connectivity index (χ0) is 19.4. The fourth-order valence-corrected chi connectivity index (χ4v) is 5.38. The molecule has 0 aliphatic rings. The Hall–Kier alpha value is -3.29. The van der Waals surface area contributed by atoms with Gasteiger partial charge in [-0.3, -0.25) is 5.10 Å². The van der Waals surface area contributed by atoms with E-state index in [-0.39, 0.29) is 0 Å². The Morgan fingerprint density at radius 1 is 0.966 bits per heavy atom. The third-order valence-corrected chi connectivity index (χ3v) is 6.84. The summed E-state index contributed by atoms with van der Waals surface area (Å²) in [7, 11) is 0. The first-order chi connectivity index (χ1) is 14.2. The number of aromatic amines is 1. The molecule has 0 radical (unpaired) electrons. The summed E-state index contributed by atoms with van der Waals surface area (Å²) >= 11 is 3.49. The molecule has 4 aromatic heterocycles. The van der Waals surface area contributed by atoms with Gasteiger partial charge < -0.3 is 5.32 Å². The van der Waals surface area contributed by atoms with E-state index in [0.29, 0.717) is 5.95 Å². The predicted molar refractivity (Wildman–Crippen MR) is 122 cm³/mol. The van der Waals surface area contributed by atoms with Crippen molar-refractivity contribution in [1.29, 1.82) is 0 Å². The quantitative estimate of drug-likeness (QED) is 0.347. The zero-order valence-corrected chi connectivity index (χ0v) is 17.1. The first-order valence-corrected chi connectivity index (χ1v) is 10.9. The number of hydrogen-bond donors (Lipinski definition) is 2. The van der Waals surface area contributed by atoms with Crippen LogP contribution in [0.2, 0.25) is 0 Å². The molecule has 0 atom stereocenters. The van der Waals surface area contributed by atoms with Crippen molar-refractivity contribution in [2.45, 2.75) is 6.92 Å². The molecule has 0 aliphatic heterocycles. The molecule has 2 N–H and O–H groups in total. The molecule has 6 rings (SSSR count). The molecule has 0 unspecified atom stereocenters. The smallest absolute Gasteiger partial charge is 0.228 e. The number of nitrogens with one attached hydrogen (secondary N) is 2. The molecule has 6 aromatic rings. The van der Waals surface area contributed by atoms with Gasteiger partial charge in [0.05, 0.1) is 27.6 Å². The van der Waals surface area contributed by atoms with E-state index in [9.17, 15) is 0 Å². The van der Waals surface area contributed by atoms with Crippen molar-refractivity contribution in [1.82, 2.24) is 20.2 Å². The molecule has 7 heteroatoms. The summed E-state index contributed by atoms with van der Waals surface area (Å²) in [5.41, 5.74) is 4.97. The Morgan fingerprint density at radius 2 is 1.93 bits per heavy atom. The molecule has 4 heterocycles. The lowest BCUT2D eigenvalue weighted by Crippen LogP contribution is -1.98. The lowest BCUT2D eigenvalue weighted by atomic mass is 10.1. The molecular weight excluding hydrogens is 398 g/mol. The summed E-state index contributed by atoms with van der Waals surface area (Å²) in [6, 6.07) is 16.9. The number of H-pyrrole nitrogens is 1. The van der Waals surface area contributed by atoms with Crippen molar-refractivity contribution in [3.63, 3.8) is 0 Å². The number of thiophene rings is 2. The number of anilines is 2. The first kappa shape index (κ1) is 16.6. The second kappa shape index (κ2) is 6.37. The highest BCUT2D eigenvalue weighted by atomic mass is 32.1. The highest BCUT2D eigenvalue weighted by molar-refractivity contribution is 7.19. The number of hydrogen-bond acceptors (Lipinski definition) is 6. The monoisotopic (exact) mass is 413 g/mol. The summed E-state index contributed by atoms with van der Waals surface area (Å²) in [5.74, 6) is 0.594. The Morgan fingerprint density at radius 3 is 2.90 bits per heavy atom. The largest absolute Gasteiger partial charge is 0.324 e. The van der Waals surface area contributed by atoms with Crippen LogP contribution in [0.4, 0.5) is 11.6 Å². The molecular formula is C22H15N5S2. The summed E-state index contributed by atoms with van der Waals surface area (Å²) in [5, 5.41) is 14.8. The Bertz CT molecular complexity index is 1510. The maximum Gasteiger partial charge on any atom is 0.228 e. The van der Waals surface area contributed by atoms with Crippen molar-refractivity contribution < 1.29 is 0 Å². The molecule has 0 saturated heterocycles. The summed E-state index contributed by atoms with van der Waals surface area (Å²) < 4.78 is 2.39. The third-order valence-electron chi connectivity index (χ3n) is 4.92. The third kappa shape index (κ3) is 2.86. The highest BCUT2D eigenvalue weighted by Crippen LogP contribution is 2.35. The van der Waals surface area contributed by atoms with Crippen LogP contribution >= 0.6 is 22.7 Å². The minimum Gasteiger partial charge on any atom is -0.324 e. The van der Waals surface area contributed by atoms with E-state index in [0.717, 1.165) is 38.1 Å². The van der Waals surface area contributed by atoms with E-state index >= 15 is 0 Å². The highest BCUT2D eigenvalue weighted by Gasteiger charge is 2.13. The number of fused-ring (bicyclic) bond motifs is 3. The summed E-state index contributed by atoms with van der Waals surface area (Å²) in [6.45, 7) is 2.14. The molecule has 140 valence electrons. The Labute approximate surface area is 174 Å². The van der Waals surface area contributed by atoms with E-state index in [1.54, 1.807) is 11.3 Å². The SMILES string of the molecule is Cc1cc2ccc(-c3nc(Nc4ccc5[nH]ncc5c4)nc4ccsc34)cc2s1. The number of benzene rings is 2. The van der Waals surface area contributed by atoms with Crippen molar-refractivity contribution >= 4 is 65.5 Å². The van der Waals surface area contributed by atoms with Crippen molar-refractivity contribution in [3.8, 4) is 11.3 Å². The number of rotatable bonds is 3.